The van der Waals surface area contributed by atoms with Gasteiger partial charge in [0, 0.05) is 68.4 Å². The van der Waals surface area contributed by atoms with Gasteiger partial charge in [-0.2, -0.15) is 5.26 Å². The van der Waals surface area contributed by atoms with Gasteiger partial charge in [-0.05, 0) is 48.8 Å². The highest BCUT2D eigenvalue weighted by Gasteiger charge is 2.40. The Bertz CT molecular complexity index is 1610. The zero-order chi connectivity index (χ0) is 31.5. The number of imide groups is 1. The summed E-state index contributed by atoms with van der Waals surface area (Å²) >= 11 is 0. The molecule has 6 rings (SSSR count). The normalized spacial score (nSPS) is 21.9. The van der Waals surface area contributed by atoms with E-state index >= 15 is 4.39 Å². The van der Waals surface area contributed by atoms with Crippen LogP contribution in [0.2, 0.25) is 0 Å². The number of alkyl halides is 1. The van der Waals surface area contributed by atoms with Crippen LogP contribution in [0.4, 0.5) is 10.1 Å². The summed E-state index contributed by atoms with van der Waals surface area (Å²) in [5, 5.41) is 11.7. The largest absolute Gasteiger partial charge is 0.492 e. The van der Waals surface area contributed by atoms with E-state index in [1.807, 2.05) is 31.2 Å². The van der Waals surface area contributed by atoms with Crippen LogP contribution in [0.5, 0.6) is 11.5 Å². The van der Waals surface area contributed by atoms with Crippen LogP contribution in [-0.4, -0.2) is 85.7 Å². The Balaban J connectivity index is 1.03. The molecule has 2 fully saturated rings. The predicted molar refractivity (Wildman–Crippen MR) is 165 cm³/mol. The number of rotatable bonds is 9. The van der Waals surface area contributed by atoms with Gasteiger partial charge in [-0.1, -0.05) is 18.2 Å². The van der Waals surface area contributed by atoms with Gasteiger partial charge in [-0.25, -0.2) is 4.39 Å². The summed E-state index contributed by atoms with van der Waals surface area (Å²) in [4.78, 5) is 43.1. The van der Waals surface area contributed by atoms with Crippen molar-refractivity contribution in [2.24, 2.45) is 0 Å². The van der Waals surface area contributed by atoms with E-state index in [0.29, 0.717) is 47.8 Å². The van der Waals surface area contributed by atoms with Crippen LogP contribution in [0.15, 0.2) is 59.7 Å². The maximum atomic E-state index is 15.3. The summed E-state index contributed by atoms with van der Waals surface area (Å²) in [6.07, 6.45) is 3.41. The molecule has 4 aliphatic rings. The fourth-order valence-electron chi connectivity index (χ4n) is 6.38. The lowest BCUT2D eigenvalue weighted by molar-refractivity contribution is -0.136. The molecule has 0 saturated carbocycles. The maximum absolute atomic E-state index is 15.3. The van der Waals surface area contributed by atoms with Crippen LogP contribution in [0.25, 0.3) is 0 Å². The second kappa shape index (κ2) is 13.1. The molecule has 11 heteroatoms. The van der Waals surface area contributed by atoms with Crippen molar-refractivity contribution in [2.75, 3.05) is 50.8 Å². The lowest BCUT2D eigenvalue weighted by Crippen LogP contribution is -2.52. The number of hydrogen-bond donors (Lipinski definition) is 1. The number of carbonyl (C=O) groups excluding carboxylic acids is 3. The minimum atomic E-state index is -1.11. The standard InChI is InChI=1S/C34H36FN5O5/c1-2-44-31-17-25(9-8-23(31)18-36)39-14-12-38(13-15-39)19-24-7-6-22(16-28(24)35)21-45-30-5-3-4-26-27(30)20-40(34(26)43)29-10-11-32(41)37-33(29)42/h3-9,17,28-29H,2,10-16,19-21H2,1H3,(H,37,41,42)/t28?,29-/m0/s1. The van der Waals surface area contributed by atoms with Gasteiger partial charge in [0.15, 0.2) is 0 Å². The molecule has 10 nitrogen and oxygen atoms in total. The lowest BCUT2D eigenvalue weighted by atomic mass is 9.96. The number of nitrogens with one attached hydrogen (secondary N) is 1. The van der Waals surface area contributed by atoms with Crippen molar-refractivity contribution in [2.45, 2.75) is 44.9 Å². The number of piperidine rings is 1. The Hall–Kier alpha value is -4.69. The summed E-state index contributed by atoms with van der Waals surface area (Å²) < 4.78 is 27.1. The van der Waals surface area contributed by atoms with Gasteiger partial charge in [0.1, 0.15) is 36.4 Å². The van der Waals surface area contributed by atoms with Gasteiger partial charge in [-0.15, -0.1) is 0 Å². The third-order valence-corrected chi connectivity index (χ3v) is 8.86. The number of benzene rings is 2. The molecule has 3 heterocycles. The number of nitriles is 1. The summed E-state index contributed by atoms with van der Waals surface area (Å²) in [5.41, 5.74) is 4.29. The predicted octanol–water partition coefficient (Wildman–Crippen LogP) is 3.51. The lowest BCUT2D eigenvalue weighted by Gasteiger charge is -2.37. The van der Waals surface area contributed by atoms with Gasteiger partial charge in [0.25, 0.3) is 5.91 Å². The average molecular weight is 614 g/mol. The van der Waals surface area contributed by atoms with Crippen LogP contribution in [0.1, 0.15) is 47.7 Å². The van der Waals surface area contributed by atoms with Crippen molar-refractivity contribution in [1.82, 2.24) is 15.1 Å². The molecule has 2 atom stereocenters. The number of piperazine rings is 1. The average Bonchev–Trinajstić information content (AvgIpc) is 3.38. The third-order valence-electron chi connectivity index (χ3n) is 8.86. The number of halogens is 1. The van der Waals surface area contributed by atoms with E-state index in [1.54, 1.807) is 24.3 Å². The van der Waals surface area contributed by atoms with E-state index < -0.39 is 18.1 Å². The molecule has 1 unspecified atom stereocenters. The topological polar surface area (TPSA) is 115 Å². The molecule has 1 aliphatic carbocycles. The maximum Gasteiger partial charge on any atom is 0.255 e. The van der Waals surface area contributed by atoms with Crippen molar-refractivity contribution in [3.8, 4) is 17.6 Å². The van der Waals surface area contributed by atoms with E-state index in [4.69, 9.17) is 9.47 Å². The molecule has 2 aromatic rings. The molecular formula is C34H36FN5O5. The Morgan fingerprint density at radius 3 is 2.60 bits per heavy atom. The van der Waals surface area contributed by atoms with Crippen LogP contribution in [0, 0.1) is 11.3 Å². The van der Waals surface area contributed by atoms with Crippen LogP contribution in [0.3, 0.4) is 0 Å². The number of anilines is 1. The van der Waals surface area contributed by atoms with Gasteiger partial charge in [0.2, 0.25) is 11.8 Å². The molecule has 2 aromatic carbocycles. The Morgan fingerprint density at radius 2 is 1.87 bits per heavy atom. The Labute approximate surface area is 261 Å². The number of allylic oxidation sites excluding steroid dienone is 2. The summed E-state index contributed by atoms with van der Waals surface area (Å²) in [6, 6.07) is 12.4. The van der Waals surface area contributed by atoms with Crippen LogP contribution in [-0.2, 0) is 16.1 Å². The van der Waals surface area contributed by atoms with E-state index in [9.17, 15) is 19.6 Å². The minimum absolute atomic E-state index is 0.193. The summed E-state index contributed by atoms with van der Waals surface area (Å²) in [6.45, 7) is 6.54. The second-order valence-electron chi connectivity index (χ2n) is 11.7. The fourth-order valence-corrected chi connectivity index (χ4v) is 6.38. The first-order valence-corrected chi connectivity index (χ1v) is 15.4. The van der Waals surface area contributed by atoms with E-state index in [2.05, 4.69) is 21.2 Å². The molecule has 3 aliphatic heterocycles. The van der Waals surface area contributed by atoms with Crippen molar-refractivity contribution in [3.05, 3.63) is 76.4 Å². The van der Waals surface area contributed by atoms with Crippen molar-refractivity contribution < 1.29 is 28.2 Å². The number of carbonyl (C=O) groups is 3. The molecule has 0 bridgehead atoms. The van der Waals surface area contributed by atoms with Gasteiger partial charge in [-0.3, -0.25) is 24.6 Å². The van der Waals surface area contributed by atoms with Crippen molar-refractivity contribution in [1.29, 1.82) is 5.26 Å². The summed E-state index contributed by atoms with van der Waals surface area (Å²) in [5.74, 6) is 0.0931. The minimum Gasteiger partial charge on any atom is -0.492 e. The zero-order valence-electron chi connectivity index (χ0n) is 25.3. The molecule has 45 heavy (non-hydrogen) atoms. The molecule has 0 radical (unpaired) electrons. The fraction of sp³-hybridized carbons (Fsp3) is 0.412. The Morgan fingerprint density at radius 1 is 1.04 bits per heavy atom. The highest BCUT2D eigenvalue weighted by Crippen LogP contribution is 2.34. The molecule has 234 valence electrons. The van der Waals surface area contributed by atoms with Gasteiger partial charge in [0.05, 0.1) is 18.7 Å². The second-order valence-corrected chi connectivity index (χ2v) is 11.7. The van der Waals surface area contributed by atoms with E-state index in [-0.39, 0.29) is 37.8 Å². The molecule has 2 saturated heterocycles. The highest BCUT2D eigenvalue weighted by atomic mass is 19.1. The van der Waals surface area contributed by atoms with Crippen LogP contribution < -0.4 is 19.7 Å². The number of nitrogens with zero attached hydrogens (tertiary/aromatic N) is 4. The van der Waals surface area contributed by atoms with Gasteiger partial charge >= 0.3 is 0 Å². The highest BCUT2D eigenvalue weighted by molar-refractivity contribution is 6.05. The van der Waals surface area contributed by atoms with Crippen molar-refractivity contribution in [3.63, 3.8) is 0 Å². The molecular weight excluding hydrogens is 577 g/mol. The molecule has 0 aromatic heterocycles. The zero-order valence-corrected chi connectivity index (χ0v) is 25.3. The number of fused-ring (bicyclic) bond motifs is 1. The van der Waals surface area contributed by atoms with Crippen molar-refractivity contribution >= 4 is 23.4 Å². The molecule has 1 N–H and O–H groups in total. The van der Waals surface area contributed by atoms with E-state index in [0.717, 1.165) is 43.0 Å². The Kier molecular flexibility index (Phi) is 8.85. The first kappa shape index (κ1) is 30.3. The smallest absolute Gasteiger partial charge is 0.255 e. The SMILES string of the molecule is CCOc1cc(N2CCN(CC3=CC=C(COc4cccc5c4CN([C@H]4CCC(=O)NC4=O)C5=O)CC3F)CC2)ccc1C#N. The quantitative estimate of drug-likeness (QED) is 0.428. The van der Waals surface area contributed by atoms with E-state index in [1.165, 1.54) is 4.90 Å². The molecule has 3 amide bonds. The van der Waals surface area contributed by atoms with Gasteiger partial charge < -0.3 is 19.3 Å². The number of amides is 3. The number of ether oxygens (including phenoxy) is 2. The summed E-state index contributed by atoms with van der Waals surface area (Å²) in [7, 11) is 0. The molecule has 0 spiro atoms. The first-order valence-electron chi connectivity index (χ1n) is 15.4. The number of hydrogen-bond acceptors (Lipinski definition) is 8. The third kappa shape index (κ3) is 6.42. The first-order chi connectivity index (χ1) is 21.8. The van der Waals surface area contributed by atoms with Crippen LogP contribution >= 0.6 is 0 Å². The monoisotopic (exact) mass is 613 g/mol.